The molecule has 1 aromatic carbocycles. The molecule has 1 N–H and O–H groups in total. The average Bonchev–Trinajstić information content (AvgIpc) is 3.27. The SMILES string of the molecule is O=C(Nc1nc2c(s1)CCCC2)c1cc(S(=O)(=O)N2CCCCC2)ccc1N1CCOCC1. The molecule has 2 saturated heterocycles. The minimum atomic E-state index is -3.64. The summed E-state index contributed by atoms with van der Waals surface area (Å²) < 4.78 is 33.6. The van der Waals surface area contributed by atoms with Crippen molar-refractivity contribution in [2.75, 3.05) is 49.6 Å². The molecule has 0 bridgehead atoms. The van der Waals surface area contributed by atoms with Crippen molar-refractivity contribution in [3.63, 3.8) is 0 Å². The number of aryl methyl sites for hydroxylation is 2. The van der Waals surface area contributed by atoms with E-state index in [2.05, 4.69) is 15.2 Å². The summed E-state index contributed by atoms with van der Waals surface area (Å²) in [4.78, 5) is 21.6. The van der Waals surface area contributed by atoms with Gasteiger partial charge in [0.2, 0.25) is 10.0 Å². The van der Waals surface area contributed by atoms with Crippen molar-refractivity contribution in [2.45, 2.75) is 49.8 Å². The lowest BCUT2D eigenvalue weighted by molar-refractivity contribution is 0.102. The molecule has 0 saturated carbocycles. The van der Waals surface area contributed by atoms with Crippen LogP contribution in [0.3, 0.4) is 0 Å². The van der Waals surface area contributed by atoms with Crippen LogP contribution in [-0.4, -0.2) is 63.0 Å². The number of anilines is 2. The summed E-state index contributed by atoms with van der Waals surface area (Å²) in [6.45, 7) is 3.52. The number of fused-ring (bicyclic) bond motifs is 1. The lowest BCUT2D eigenvalue weighted by Gasteiger charge is -2.31. The summed E-state index contributed by atoms with van der Waals surface area (Å²) >= 11 is 1.53. The van der Waals surface area contributed by atoms with Crippen molar-refractivity contribution in [2.24, 2.45) is 0 Å². The molecule has 0 spiro atoms. The number of sulfonamides is 1. The van der Waals surface area contributed by atoms with Gasteiger partial charge in [-0.1, -0.05) is 6.42 Å². The van der Waals surface area contributed by atoms with Gasteiger partial charge in [-0.15, -0.1) is 11.3 Å². The zero-order chi connectivity index (χ0) is 22.8. The summed E-state index contributed by atoms with van der Waals surface area (Å²) in [6.07, 6.45) is 7.02. The number of morpholine rings is 1. The van der Waals surface area contributed by atoms with Crippen LogP contribution in [0.25, 0.3) is 0 Å². The number of hydrogen-bond donors (Lipinski definition) is 1. The Morgan fingerprint density at radius 1 is 1.00 bits per heavy atom. The number of nitrogens with one attached hydrogen (secondary N) is 1. The highest BCUT2D eigenvalue weighted by Gasteiger charge is 2.29. The first-order valence-corrected chi connectivity index (χ1v) is 14.0. The minimum absolute atomic E-state index is 0.171. The molecule has 0 unspecified atom stereocenters. The van der Waals surface area contributed by atoms with Crippen LogP contribution < -0.4 is 10.2 Å². The van der Waals surface area contributed by atoms with Crippen LogP contribution in [0.5, 0.6) is 0 Å². The molecule has 1 aliphatic carbocycles. The molecule has 0 radical (unpaired) electrons. The van der Waals surface area contributed by atoms with E-state index in [0.717, 1.165) is 56.3 Å². The fraction of sp³-hybridized carbons (Fsp3) is 0.565. The molecule has 1 amide bonds. The van der Waals surface area contributed by atoms with Gasteiger partial charge in [-0.2, -0.15) is 4.31 Å². The lowest BCUT2D eigenvalue weighted by Crippen LogP contribution is -2.38. The van der Waals surface area contributed by atoms with E-state index in [1.54, 1.807) is 12.1 Å². The summed E-state index contributed by atoms with van der Waals surface area (Å²) in [5, 5.41) is 3.54. The third-order valence-corrected chi connectivity index (χ3v) is 9.55. The highest BCUT2D eigenvalue weighted by atomic mass is 32.2. The van der Waals surface area contributed by atoms with Crippen molar-refractivity contribution in [3.8, 4) is 0 Å². The Labute approximate surface area is 199 Å². The van der Waals surface area contributed by atoms with Gasteiger partial charge >= 0.3 is 0 Å². The van der Waals surface area contributed by atoms with Gasteiger partial charge in [-0.05, 0) is 56.7 Å². The van der Waals surface area contributed by atoms with Gasteiger partial charge in [-0.3, -0.25) is 10.1 Å². The maximum absolute atomic E-state index is 13.4. The van der Waals surface area contributed by atoms with E-state index in [9.17, 15) is 13.2 Å². The monoisotopic (exact) mass is 490 g/mol. The van der Waals surface area contributed by atoms with Crippen molar-refractivity contribution in [3.05, 3.63) is 34.3 Å². The molecule has 3 heterocycles. The number of thiazole rings is 1. The molecule has 2 aliphatic heterocycles. The molecule has 3 aliphatic rings. The Bertz CT molecular complexity index is 1100. The van der Waals surface area contributed by atoms with Crippen LogP contribution in [0.1, 0.15) is 53.0 Å². The number of nitrogens with zero attached hydrogens (tertiary/aromatic N) is 3. The molecule has 8 nitrogen and oxygen atoms in total. The Kier molecular flexibility index (Phi) is 6.69. The zero-order valence-electron chi connectivity index (χ0n) is 18.7. The van der Waals surface area contributed by atoms with Gasteiger partial charge in [-0.25, -0.2) is 13.4 Å². The summed E-state index contributed by atoms with van der Waals surface area (Å²) in [5.74, 6) is -0.321. The van der Waals surface area contributed by atoms with E-state index >= 15 is 0 Å². The van der Waals surface area contributed by atoms with E-state index in [4.69, 9.17) is 4.74 Å². The number of carbonyl (C=O) groups is 1. The van der Waals surface area contributed by atoms with Crippen molar-refractivity contribution < 1.29 is 17.9 Å². The first kappa shape index (κ1) is 22.8. The number of piperidine rings is 1. The maximum atomic E-state index is 13.4. The summed E-state index contributed by atoms with van der Waals surface area (Å²) in [5.41, 5.74) is 2.18. The highest BCUT2D eigenvalue weighted by Crippen LogP contribution is 2.32. The number of amides is 1. The second-order valence-electron chi connectivity index (χ2n) is 8.79. The number of carbonyl (C=O) groups excluding carboxylic acids is 1. The summed E-state index contributed by atoms with van der Waals surface area (Å²) in [6, 6.07) is 4.94. The number of hydrogen-bond acceptors (Lipinski definition) is 7. The fourth-order valence-electron chi connectivity index (χ4n) is 4.76. The van der Waals surface area contributed by atoms with Crippen molar-refractivity contribution in [1.82, 2.24) is 9.29 Å². The van der Waals surface area contributed by atoms with E-state index < -0.39 is 10.0 Å². The molecule has 10 heteroatoms. The van der Waals surface area contributed by atoms with Gasteiger partial charge in [0.15, 0.2) is 5.13 Å². The minimum Gasteiger partial charge on any atom is -0.378 e. The van der Waals surface area contributed by atoms with Gasteiger partial charge in [0.25, 0.3) is 5.91 Å². The lowest BCUT2D eigenvalue weighted by atomic mass is 10.0. The second kappa shape index (κ2) is 9.69. The molecule has 0 atom stereocenters. The standard InChI is InChI=1S/C23H30N4O4S2/c28-22(25-23-24-19-6-2-3-7-21(19)32-23)18-16-17(33(29,30)27-10-4-1-5-11-27)8-9-20(18)26-12-14-31-15-13-26/h8-9,16H,1-7,10-15H2,(H,24,25,28). The Morgan fingerprint density at radius 2 is 1.76 bits per heavy atom. The van der Waals surface area contributed by atoms with Gasteiger partial charge < -0.3 is 9.64 Å². The van der Waals surface area contributed by atoms with Crippen LogP contribution in [0.2, 0.25) is 0 Å². The Morgan fingerprint density at radius 3 is 2.52 bits per heavy atom. The number of aromatic nitrogens is 1. The molecule has 33 heavy (non-hydrogen) atoms. The molecule has 5 rings (SSSR count). The number of ether oxygens (including phenoxy) is 1. The van der Waals surface area contributed by atoms with Crippen molar-refractivity contribution in [1.29, 1.82) is 0 Å². The van der Waals surface area contributed by atoms with Crippen LogP contribution >= 0.6 is 11.3 Å². The van der Waals surface area contributed by atoms with Crippen LogP contribution in [0.4, 0.5) is 10.8 Å². The fourth-order valence-corrected chi connectivity index (χ4v) is 7.35. The molecule has 2 fully saturated rings. The predicted octanol–water partition coefficient (Wildman–Crippen LogP) is 3.29. The quantitative estimate of drug-likeness (QED) is 0.692. The number of rotatable bonds is 5. The molecule has 1 aromatic heterocycles. The Hall–Kier alpha value is -2.01. The molecular weight excluding hydrogens is 460 g/mol. The Balaban J connectivity index is 1.47. The van der Waals surface area contributed by atoms with E-state index in [1.807, 2.05) is 0 Å². The maximum Gasteiger partial charge on any atom is 0.259 e. The van der Waals surface area contributed by atoms with E-state index in [-0.39, 0.29) is 10.8 Å². The smallest absolute Gasteiger partial charge is 0.259 e. The van der Waals surface area contributed by atoms with Gasteiger partial charge in [0.05, 0.1) is 29.4 Å². The summed E-state index contributed by atoms with van der Waals surface area (Å²) in [7, 11) is -3.64. The van der Waals surface area contributed by atoms with Crippen LogP contribution in [0, 0.1) is 0 Å². The normalized spacial score (nSPS) is 19.8. The van der Waals surface area contributed by atoms with Gasteiger partial charge in [0, 0.05) is 36.7 Å². The predicted molar refractivity (Wildman–Crippen MR) is 129 cm³/mol. The number of benzene rings is 1. The first-order valence-electron chi connectivity index (χ1n) is 11.8. The third kappa shape index (κ3) is 4.80. The van der Waals surface area contributed by atoms with E-state index in [0.29, 0.717) is 50.1 Å². The molecule has 178 valence electrons. The second-order valence-corrected chi connectivity index (χ2v) is 11.8. The molecular formula is C23H30N4O4S2. The topological polar surface area (TPSA) is 91.8 Å². The highest BCUT2D eigenvalue weighted by molar-refractivity contribution is 7.89. The van der Waals surface area contributed by atoms with Crippen LogP contribution in [-0.2, 0) is 27.6 Å². The zero-order valence-corrected chi connectivity index (χ0v) is 20.3. The largest absolute Gasteiger partial charge is 0.378 e. The molecule has 2 aromatic rings. The van der Waals surface area contributed by atoms with E-state index in [1.165, 1.54) is 26.6 Å². The van der Waals surface area contributed by atoms with Crippen LogP contribution in [0.15, 0.2) is 23.1 Å². The van der Waals surface area contributed by atoms with Crippen molar-refractivity contribution >= 4 is 38.1 Å². The average molecular weight is 491 g/mol. The third-order valence-electron chi connectivity index (χ3n) is 6.58. The first-order chi connectivity index (χ1) is 16.0. The van der Waals surface area contributed by atoms with Gasteiger partial charge in [0.1, 0.15) is 0 Å².